The maximum atomic E-state index is 12.5. The van der Waals surface area contributed by atoms with E-state index in [-0.39, 0.29) is 5.97 Å². The third kappa shape index (κ3) is 2.86. The molecule has 0 spiro atoms. The van der Waals surface area contributed by atoms with Gasteiger partial charge in [0.2, 0.25) is 0 Å². The van der Waals surface area contributed by atoms with Crippen LogP contribution in [0.4, 0.5) is 0 Å². The minimum atomic E-state index is -0.524. The van der Waals surface area contributed by atoms with E-state index in [2.05, 4.69) is 5.16 Å². The molecule has 0 saturated heterocycles. The van der Waals surface area contributed by atoms with Crippen molar-refractivity contribution in [2.75, 3.05) is 0 Å². The predicted octanol–water partition coefficient (Wildman–Crippen LogP) is 3.66. The number of nitrogens with zero attached hydrogens (tertiary/aromatic N) is 1. The fraction of sp³-hybridized carbons (Fsp3) is 0.222. The van der Waals surface area contributed by atoms with Gasteiger partial charge in [-0.25, -0.2) is 0 Å². The average Bonchev–Trinajstić information content (AvgIpc) is 2.92. The number of oxime groups is 1. The highest BCUT2D eigenvalue weighted by Crippen LogP contribution is 2.33. The van der Waals surface area contributed by atoms with E-state index in [1.165, 1.54) is 0 Å². The first-order chi connectivity index (χ1) is 10.6. The number of esters is 1. The highest BCUT2D eigenvalue weighted by atomic mass is 16.6. The first kappa shape index (κ1) is 14.3. The Morgan fingerprint density at radius 2 is 1.73 bits per heavy atom. The fourth-order valence-corrected chi connectivity index (χ4v) is 2.45. The van der Waals surface area contributed by atoms with Crippen molar-refractivity contribution >= 4 is 11.7 Å². The van der Waals surface area contributed by atoms with E-state index in [0.29, 0.717) is 11.5 Å². The lowest BCUT2D eigenvalue weighted by molar-refractivity contribution is -0.139. The quantitative estimate of drug-likeness (QED) is 0.641. The van der Waals surface area contributed by atoms with Gasteiger partial charge in [-0.05, 0) is 31.5 Å². The van der Waals surface area contributed by atoms with Gasteiger partial charge in [0.25, 0.3) is 0 Å². The highest BCUT2D eigenvalue weighted by molar-refractivity contribution is 6.02. The lowest BCUT2D eigenvalue weighted by Crippen LogP contribution is -2.29. The second-order valence-electron chi connectivity index (χ2n) is 5.38. The number of carbonyl (C=O) groups is 1. The number of aryl methyl sites for hydroxylation is 1. The average molecular weight is 295 g/mol. The molecule has 0 bridgehead atoms. The van der Waals surface area contributed by atoms with E-state index >= 15 is 0 Å². The lowest BCUT2D eigenvalue weighted by atomic mass is 9.93. The minimum absolute atomic E-state index is 0.351. The van der Waals surface area contributed by atoms with Crippen molar-refractivity contribution in [2.24, 2.45) is 11.1 Å². The van der Waals surface area contributed by atoms with Crippen LogP contribution in [0, 0.1) is 12.8 Å². The van der Waals surface area contributed by atoms with Crippen LogP contribution in [0.5, 0.6) is 5.75 Å². The van der Waals surface area contributed by atoms with Crippen molar-refractivity contribution in [2.45, 2.75) is 20.0 Å². The molecule has 0 radical (unpaired) electrons. The van der Waals surface area contributed by atoms with Crippen LogP contribution in [0.15, 0.2) is 59.8 Å². The zero-order valence-electron chi connectivity index (χ0n) is 12.5. The molecule has 0 N–H and O–H groups in total. The van der Waals surface area contributed by atoms with Crippen LogP contribution in [0.3, 0.4) is 0 Å². The molecule has 4 nitrogen and oxygen atoms in total. The minimum Gasteiger partial charge on any atom is -0.426 e. The smallest absolute Gasteiger partial charge is 0.324 e. The standard InChI is InChI=1S/C18H17NO3/c1-12-8-10-15(11-9-12)21-18(20)16-13(2)19-22-17(16)14-6-4-3-5-7-14/h3-11,16-17H,1-2H3/t16-,17?/m0/s1. The van der Waals surface area contributed by atoms with Crippen LogP contribution in [0.25, 0.3) is 0 Å². The molecule has 4 heteroatoms. The van der Waals surface area contributed by atoms with Gasteiger partial charge in [-0.15, -0.1) is 0 Å². The summed E-state index contributed by atoms with van der Waals surface area (Å²) in [4.78, 5) is 17.9. The molecule has 0 saturated carbocycles. The van der Waals surface area contributed by atoms with Crippen molar-refractivity contribution in [3.05, 3.63) is 65.7 Å². The van der Waals surface area contributed by atoms with Crippen molar-refractivity contribution in [3.8, 4) is 5.75 Å². The number of hydrogen-bond acceptors (Lipinski definition) is 4. The molecule has 2 aromatic carbocycles. The van der Waals surface area contributed by atoms with Crippen LogP contribution < -0.4 is 4.74 Å². The van der Waals surface area contributed by atoms with Gasteiger partial charge in [0.1, 0.15) is 11.7 Å². The number of hydrogen-bond donors (Lipinski definition) is 0. The summed E-state index contributed by atoms with van der Waals surface area (Å²) >= 11 is 0. The van der Waals surface area contributed by atoms with Gasteiger partial charge in [0, 0.05) is 0 Å². The maximum Gasteiger partial charge on any atom is 0.324 e. The Hall–Kier alpha value is -2.62. The van der Waals surface area contributed by atoms with Crippen LogP contribution in [0.2, 0.25) is 0 Å². The predicted molar refractivity (Wildman–Crippen MR) is 83.7 cm³/mol. The Labute approximate surface area is 129 Å². The summed E-state index contributed by atoms with van der Waals surface area (Å²) in [5.41, 5.74) is 2.66. The first-order valence-electron chi connectivity index (χ1n) is 7.19. The second kappa shape index (κ2) is 6.02. The van der Waals surface area contributed by atoms with E-state index < -0.39 is 12.0 Å². The van der Waals surface area contributed by atoms with Gasteiger partial charge < -0.3 is 9.57 Å². The molecule has 1 aliphatic heterocycles. The summed E-state index contributed by atoms with van der Waals surface area (Å²) in [6, 6.07) is 17.0. The summed E-state index contributed by atoms with van der Waals surface area (Å²) in [5.74, 6) is -0.345. The fourth-order valence-electron chi connectivity index (χ4n) is 2.45. The van der Waals surface area contributed by atoms with Crippen molar-refractivity contribution in [1.29, 1.82) is 0 Å². The summed E-state index contributed by atoms with van der Waals surface area (Å²) in [6.07, 6.45) is -0.431. The molecule has 22 heavy (non-hydrogen) atoms. The van der Waals surface area contributed by atoms with Crippen LogP contribution in [-0.4, -0.2) is 11.7 Å². The molecule has 0 amide bonds. The van der Waals surface area contributed by atoms with Crippen LogP contribution >= 0.6 is 0 Å². The Balaban J connectivity index is 1.80. The molecule has 1 unspecified atom stereocenters. The van der Waals surface area contributed by atoms with Crippen LogP contribution in [0.1, 0.15) is 24.2 Å². The summed E-state index contributed by atoms with van der Waals surface area (Å²) < 4.78 is 5.48. The molecular weight excluding hydrogens is 278 g/mol. The third-order valence-corrected chi connectivity index (χ3v) is 3.68. The van der Waals surface area contributed by atoms with Gasteiger partial charge in [-0.2, -0.15) is 0 Å². The monoisotopic (exact) mass is 295 g/mol. The zero-order valence-corrected chi connectivity index (χ0v) is 12.5. The molecule has 0 aromatic heterocycles. The van der Waals surface area contributed by atoms with Gasteiger partial charge in [-0.1, -0.05) is 53.2 Å². The largest absolute Gasteiger partial charge is 0.426 e. The van der Waals surface area contributed by atoms with E-state index in [1.54, 1.807) is 19.1 Å². The normalized spacial score (nSPS) is 20.2. The number of rotatable bonds is 3. The van der Waals surface area contributed by atoms with Crippen molar-refractivity contribution < 1.29 is 14.4 Å². The highest BCUT2D eigenvalue weighted by Gasteiger charge is 2.40. The molecule has 1 aliphatic rings. The number of benzene rings is 2. The van der Waals surface area contributed by atoms with Gasteiger partial charge in [0.05, 0.1) is 5.71 Å². The van der Waals surface area contributed by atoms with E-state index in [9.17, 15) is 4.79 Å². The van der Waals surface area contributed by atoms with Crippen molar-refractivity contribution in [1.82, 2.24) is 0 Å². The molecule has 3 rings (SSSR count). The number of ether oxygens (including phenoxy) is 1. The Morgan fingerprint density at radius 3 is 2.41 bits per heavy atom. The summed E-state index contributed by atoms with van der Waals surface area (Å²) in [5, 5.41) is 3.97. The zero-order chi connectivity index (χ0) is 15.5. The maximum absolute atomic E-state index is 12.5. The van der Waals surface area contributed by atoms with Crippen molar-refractivity contribution in [3.63, 3.8) is 0 Å². The SMILES string of the molecule is CC1=NOC(c2ccccc2)[C@H]1C(=O)Oc1ccc(C)cc1. The Kier molecular flexibility index (Phi) is 3.92. The van der Waals surface area contributed by atoms with Gasteiger partial charge in [-0.3, -0.25) is 4.79 Å². The molecule has 2 atom stereocenters. The Morgan fingerprint density at radius 1 is 1.05 bits per heavy atom. The molecule has 0 fully saturated rings. The lowest BCUT2D eigenvalue weighted by Gasteiger charge is -2.17. The summed E-state index contributed by atoms with van der Waals surface area (Å²) in [6.45, 7) is 3.77. The topological polar surface area (TPSA) is 47.9 Å². The Bertz CT molecular complexity index is 692. The van der Waals surface area contributed by atoms with Crippen LogP contribution in [-0.2, 0) is 9.63 Å². The first-order valence-corrected chi connectivity index (χ1v) is 7.19. The van der Waals surface area contributed by atoms with E-state index in [0.717, 1.165) is 11.1 Å². The molecule has 112 valence electrons. The number of carbonyl (C=O) groups excluding carboxylic acids is 1. The molecule has 2 aromatic rings. The van der Waals surface area contributed by atoms with Gasteiger partial charge in [0.15, 0.2) is 6.10 Å². The second-order valence-corrected chi connectivity index (χ2v) is 5.38. The van der Waals surface area contributed by atoms with E-state index in [1.807, 2.05) is 49.4 Å². The summed E-state index contributed by atoms with van der Waals surface area (Å²) in [7, 11) is 0. The van der Waals surface area contributed by atoms with E-state index in [4.69, 9.17) is 9.57 Å². The third-order valence-electron chi connectivity index (χ3n) is 3.68. The molecular formula is C18H17NO3. The van der Waals surface area contributed by atoms with Gasteiger partial charge >= 0.3 is 5.97 Å². The molecule has 0 aliphatic carbocycles. The molecule has 1 heterocycles.